The first-order valence-electron chi connectivity index (χ1n) is 10.5. The van der Waals surface area contributed by atoms with Gasteiger partial charge in [-0.05, 0) is 79.4 Å². The standard InChI is InChI=1S/C26H23N5O/c1-16-4-6-21(7-5-16)29-26-30-23-15-28-14-22(23)25(31-26)32-24-17(2)12-20(13-18(24)3)19-8-10-27-11-9-19/h4-13,15H,14H2,1-3H3,(H,29,30,31). The number of anilines is 2. The molecule has 0 atom stereocenters. The van der Waals surface area contributed by atoms with Crippen LogP contribution in [0, 0.1) is 20.8 Å². The van der Waals surface area contributed by atoms with Crippen molar-refractivity contribution < 1.29 is 4.74 Å². The summed E-state index contributed by atoms with van der Waals surface area (Å²) in [6, 6.07) is 16.4. The van der Waals surface area contributed by atoms with Gasteiger partial charge < -0.3 is 10.1 Å². The van der Waals surface area contributed by atoms with E-state index in [4.69, 9.17) is 4.74 Å². The van der Waals surface area contributed by atoms with Crippen molar-refractivity contribution in [2.45, 2.75) is 27.3 Å². The minimum absolute atomic E-state index is 0.486. The molecule has 0 saturated heterocycles. The number of benzene rings is 2. The van der Waals surface area contributed by atoms with E-state index in [1.165, 1.54) is 5.56 Å². The van der Waals surface area contributed by atoms with Crippen LogP contribution in [-0.2, 0) is 6.54 Å². The summed E-state index contributed by atoms with van der Waals surface area (Å²) in [6.07, 6.45) is 5.38. The van der Waals surface area contributed by atoms with E-state index in [0.717, 1.165) is 44.9 Å². The first kappa shape index (κ1) is 19.9. The van der Waals surface area contributed by atoms with Crippen molar-refractivity contribution in [3.8, 4) is 22.8 Å². The van der Waals surface area contributed by atoms with E-state index >= 15 is 0 Å². The summed E-state index contributed by atoms with van der Waals surface area (Å²) in [6.45, 7) is 6.68. The van der Waals surface area contributed by atoms with Crippen molar-refractivity contribution in [2.24, 2.45) is 4.99 Å². The van der Waals surface area contributed by atoms with Crippen molar-refractivity contribution in [3.63, 3.8) is 0 Å². The van der Waals surface area contributed by atoms with Gasteiger partial charge in [0.05, 0.1) is 17.8 Å². The molecule has 0 bridgehead atoms. The Morgan fingerprint density at radius 2 is 1.56 bits per heavy atom. The van der Waals surface area contributed by atoms with Crippen LogP contribution in [0.15, 0.2) is 65.9 Å². The molecule has 1 aliphatic rings. The highest BCUT2D eigenvalue weighted by atomic mass is 16.5. The van der Waals surface area contributed by atoms with Crippen LogP contribution in [0.3, 0.4) is 0 Å². The molecule has 2 aromatic carbocycles. The highest BCUT2D eigenvalue weighted by molar-refractivity contribution is 5.83. The van der Waals surface area contributed by atoms with E-state index in [1.54, 1.807) is 18.6 Å². The molecule has 158 valence electrons. The molecule has 0 aliphatic carbocycles. The van der Waals surface area contributed by atoms with Gasteiger partial charge in [0.2, 0.25) is 11.8 Å². The highest BCUT2D eigenvalue weighted by Gasteiger charge is 2.20. The van der Waals surface area contributed by atoms with Crippen molar-refractivity contribution in [3.05, 3.63) is 88.9 Å². The number of aliphatic imine (C=N–C) groups is 1. The van der Waals surface area contributed by atoms with E-state index in [2.05, 4.69) is 58.2 Å². The predicted octanol–water partition coefficient (Wildman–Crippen LogP) is 5.93. The molecule has 6 heteroatoms. The summed E-state index contributed by atoms with van der Waals surface area (Å²) in [7, 11) is 0. The number of hydrogen-bond acceptors (Lipinski definition) is 6. The molecule has 3 heterocycles. The van der Waals surface area contributed by atoms with E-state index in [-0.39, 0.29) is 0 Å². The smallest absolute Gasteiger partial charge is 0.231 e. The Morgan fingerprint density at radius 3 is 2.28 bits per heavy atom. The molecule has 0 unspecified atom stereocenters. The zero-order chi connectivity index (χ0) is 22.1. The fourth-order valence-electron chi connectivity index (χ4n) is 3.78. The van der Waals surface area contributed by atoms with Gasteiger partial charge in [0.1, 0.15) is 5.75 Å². The topological polar surface area (TPSA) is 72.3 Å². The van der Waals surface area contributed by atoms with Crippen LogP contribution in [0.2, 0.25) is 0 Å². The van der Waals surface area contributed by atoms with Gasteiger partial charge in [0.25, 0.3) is 0 Å². The van der Waals surface area contributed by atoms with Gasteiger partial charge in [-0.15, -0.1) is 0 Å². The van der Waals surface area contributed by atoms with Crippen LogP contribution in [0.25, 0.3) is 11.1 Å². The second-order valence-corrected chi connectivity index (χ2v) is 7.95. The maximum atomic E-state index is 6.39. The lowest BCUT2D eigenvalue weighted by molar-refractivity contribution is 0.449. The number of hydrogen-bond donors (Lipinski definition) is 1. The average molecular weight is 422 g/mol. The SMILES string of the molecule is Cc1ccc(Nc2nc3c(c(Oc4c(C)cc(-c5ccncc5)cc4C)n2)CN=C3)cc1. The number of nitrogens with zero attached hydrogens (tertiary/aromatic N) is 4. The van der Waals surface area contributed by atoms with Gasteiger partial charge in [-0.25, -0.2) is 4.98 Å². The molecular formula is C26H23N5O. The maximum absolute atomic E-state index is 6.39. The van der Waals surface area contributed by atoms with Gasteiger partial charge in [0.15, 0.2) is 0 Å². The van der Waals surface area contributed by atoms with Gasteiger partial charge in [-0.3, -0.25) is 9.98 Å². The Morgan fingerprint density at radius 1 is 0.844 bits per heavy atom. The van der Waals surface area contributed by atoms with Crippen LogP contribution in [0.5, 0.6) is 11.6 Å². The largest absolute Gasteiger partial charge is 0.438 e. The minimum Gasteiger partial charge on any atom is -0.438 e. The normalized spacial score (nSPS) is 12.0. The fourth-order valence-corrected chi connectivity index (χ4v) is 3.78. The summed E-state index contributed by atoms with van der Waals surface area (Å²) < 4.78 is 6.39. The van der Waals surface area contributed by atoms with Crippen LogP contribution in [0.1, 0.15) is 27.9 Å². The number of pyridine rings is 1. The third-order valence-electron chi connectivity index (χ3n) is 5.44. The third kappa shape index (κ3) is 3.95. The van der Waals surface area contributed by atoms with Gasteiger partial charge in [-0.2, -0.15) is 4.98 Å². The van der Waals surface area contributed by atoms with Crippen LogP contribution >= 0.6 is 0 Å². The molecular weight excluding hydrogens is 398 g/mol. The molecule has 5 rings (SSSR count). The maximum Gasteiger partial charge on any atom is 0.231 e. The number of rotatable bonds is 5. The first-order chi connectivity index (χ1) is 15.6. The van der Waals surface area contributed by atoms with Crippen LogP contribution in [0.4, 0.5) is 11.6 Å². The summed E-state index contributed by atoms with van der Waals surface area (Å²) in [4.78, 5) is 17.8. The molecule has 0 radical (unpaired) electrons. The Hall–Kier alpha value is -4.06. The van der Waals surface area contributed by atoms with E-state index in [1.807, 2.05) is 36.4 Å². The van der Waals surface area contributed by atoms with Gasteiger partial charge in [-0.1, -0.05) is 17.7 Å². The van der Waals surface area contributed by atoms with Crippen molar-refractivity contribution in [1.29, 1.82) is 0 Å². The average Bonchev–Trinajstić information content (AvgIpc) is 3.27. The Labute approximate surface area is 187 Å². The van der Waals surface area contributed by atoms with E-state index in [9.17, 15) is 0 Å². The Balaban J connectivity index is 1.49. The molecule has 32 heavy (non-hydrogen) atoms. The van der Waals surface area contributed by atoms with Gasteiger partial charge in [0, 0.05) is 24.3 Å². The lowest BCUT2D eigenvalue weighted by Gasteiger charge is -2.16. The quantitative estimate of drug-likeness (QED) is 0.432. The summed E-state index contributed by atoms with van der Waals surface area (Å²) in [5.41, 5.74) is 8.14. The van der Waals surface area contributed by atoms with Crippen molar-refractivity contribution in [1.82, 2.24) is 15.0 Å². The van der Waals surface area contributed by atoms with Crippen molar-refractivity contribution >= 4 is 17.9 Å². The molecule has 2 aromatic heterocycles. The number of ether oxygens (including phenoxy) is 1. The number of fused-ring (bicyclic) bond motifs is 1. The van der Waals surface area contributed by atoms with Crippen molar-refractivity contribution in [2.75, 3.05) is 5.32 Å². The van der Waals surface area contributed by atoms with E-state index in [0.29, 0.717) is 18.4 Å². The summed E-state index contributed by atoms with van der Waals surface area (Å²) >= 11 is 0. The molecule has 0 saturated carbocycles. The molecule has 1 N–H and O–H groups in total. The monoisotopic (exact) mass is 421 g/mol. The molecule has 0 spiro atoms. The second-order valence-electron chi connectivity index (χ2n) is 7.95. The lowest BCUT2D eigenvalue weighted by Crippen LogP contribution is -2.05. The minimum atomic E-state index is 0.486. The predicted molar refractivity (Wildman–Crippen MR) is 127 cm³/mol. The van der Waals surface area contributed by atoms with E-state index < -0.39 is 0 Å². The molecule has 0 amide bonds. The molecule has 4 aromatic rings. The van der Waals surface area contributed by atoms with Crippen LogP contribution in [-0.4, -0.2) is 21.2 Å². The second kappa shape index (κ2) is 8.23. The number of aryl methyl sites for hydroxylation is 3. The highest BCUT2D eigenvalue weighted by Crippen LogP contribution is 2.35. The molecule has 0 fully saturated rings. The Bertz CT molecular complexity index is 1290. The zero-order valence-corrected chi connectivity index (χ0v) is 18.3. The zero-order valence-electron chi connectivity index (χ0n) is 18.3. The first-order valence-corrected chi connectivity index (χ1v) is 10.5. The van der Waals surface area contributed by atoms with Gasteiger partial charge >= 0.3 is 0 Å². The third-order valence-corrected chi connectivity index (χ3v) is 5.44. The number of nitrogens with one attached hydrogen (secondary N) is 1. The fraction of sp³-hybridized carbons (Fsp3) is 0.154. The molecule has 6 nitrogen and oxygen atoms in total. The summed E-state index contributed by atoms with van der Waals surface area (Å²) in [5.74, 6) is 1.82. The number of aromatic nitrogens is 3. The van der Waals surface area contributed by atoms with Crippen LogP contribution < -0.4 is 10.1 Å². The molecule has 1 aliphatic heterocycles. The Kier molecular flexibility index (Phi) is 5.11. The summed E-state index contributed by atoms with van der Waals surface area (Å²) in [5, 5.41) is 3.28. The lowest BCUT2D eigenvalue weighted by atomic mass is 10.0.